The Morgan fingerprint density at radius 3 is 2.08 bits per heavy atom. The molecule has 3 rings (SSSR count). The molecule has 0 spiro atoms. The Morgan fingerprint density at radius 2 is 1.40 bits per heavy atom. The van der Waals surface area contributed by atoms with Crippen LogP contribution in [0.1, 0.15) is 35.1 Å². The average molecular weight is 332 g/mol. The van der Waals surface area contributed by atoms with E-state index in [4.69, 9.17) is 0 Å². The zero-order chi connectivity index (χ0) is 17.6. The molecule has 0 aliphatic heterocycles. The van der Waals surface area contributed by atoms with Crippen LogP contribution in [0, 0.1) is 23.5 Å². The molecular formula is C23H18F2. The molecule has 3 aromatic rings. The van der Waals surface area contributed by atoms with Crippen LogP contribution in [0.15, 0.2) is 72.8 Å². The zero-order valence-electron chi connectivity index (χ0n) is 14.0. The molecule has 3 aromatic carbocycles. The van der Waals surface area contributed by atoms with E-state index in [2.05, 4.69) is 55.2 Å². The molecule has 0 aliphatic rings. The van der Waals surface area contributed by atoms with Gasteiger partial charge in [0.05, 0.1) is 0 Å². The third-order valence-corrected chi connectivity index (χ3v) is 4.14. The minimum absolute atomic E-state index is 0.445. The van der Waals surface area contributed by atoms with E-state index >= 15 is 0 Å². The summed E-state index contributed by atoms with van der Waals surface area (Å²) < 4.78 is 26.1. The molecule has 25 heavy (non-hydrogen) atoms. The van der Waals surface area contributed by atoms with Crippen LogP contribution in [0.25, 0.3) is 0 Å². The van der Waals surface area contributed by atoms with Gasteiger partial charge in [-0.2, -0.15) is 0 Å². The lowest BCUT2D eigenvalue weighted by Crippen LogP contribution is -1.98. The summed E-state index contributed by atoms with van der Waals surface area (Å²) in [7, 11) is 0. The molecule has 0 bridgehead atoms. The van der Waals surface area contributed by atoms with Crippen molar-refractivity contribution in [1.29, 1.82) is 0 Å². The number of benzene rings is 3. The molecule has 0 aliphatic carbocycles. The van der Waals surface area contributed by atoms with Crippen LogP contribution >= 0.6 is 0 Å². The second kappa shape index (κ2) is 7.77. The maximum atomic E-state index is 13.2. The molecule has 0 nitrogen and oxygen atoms in total. The van der Waals surface area contributed by atoms with Crippen LogP contribution in [0.3, 0.4) is 0 Å². The van der Waals surface area contributed by atoms with Gasteiger partial charge in [0.1, 0.15) is 0 Å². The second-order valence-corrected chi connectivity index (χ2v) is 6.09. The van der Waals surface area contributed by atoms with E-state index in [1.807, 2.05) is 18.2 Å². The lowest BCUT2D eigenvalue weighted by molar-refractivity contribution is 0.508. The van der Waals surface area contributed by atoms with E-state index in [1.165, 1.54) is 17.2 Å². The zero-order valence-corrected chi connectivity index (χ0v) is 14.0. The number of rotatable bonds is 3. The van der Waals surface area contributed by atoms with Gasteiger partial charge in [-0.1, -0.05) is 61.2 Å². The minimum atomic E-state index is -0.878. The van der Waals surface area contributed by atoms with Crippen LogP contribution in [0.2, 0.25) is 0 Å². The van der Waals surface area contributed by atoms with Crippen LogP contribution in [0.5, 0.6) is 0 Å². The predicted molar refractivity (Wildman–Crippen MR) is 97.3 cm³/mol. The van der Waals surface area contributed by atoms with Gasteiger partial charge in [-0.3, -0.25) is 0 Å². The first-order valence-corrected chi connectivity index (χ1v) is 8.23. The van der Waals surface area contributed by atoms with E-state index in [0.717, 1.165) is 24.1 Å². The molecule has 124 valence electrons. The molecule has 0 unspecified atom stereocenters. The highest BCUT2D eigenvalue weighted by atomic mass is 19.2. The summed E-state index contributed by atoms with van der Waals surface area (Å²) in [5.41, 5.74) is 3.88. The van der Waals surface area contributed by atoms with Gasteiger partial charge >= 0.3 is 0 Å². The predicted octanol–water partition coefficient (Wildman–Crippen LogP) is 5.71. The average Bonchev–Trinajstić information content (AvgIpc) is 2.64. The van der Waals surface area contributed by atoms with Crippen LogP contribution in [-0.2, 0) is 6.42 Å². The van der Waals surface area contributed by atoms with Crippen molar-refractivity contribution in [3.05, 3.63) is 107 Å². The second-order valence-electron chi connectivity index (χ2n) is 6.09. The monoisotopic (exact) mass is 332 g/mol. The molecule has 0 heterocycles. The van der Waals surface area contributed by atoms with E-state index in [1.54, 1.807) is 0 Å². The van der Waals surface area contributed by atoms with Crippen molar-refractivity contribution < 1.29 is 8.78 Å². The maximum Gasteiger partial charge on any atom is 0.160 e. The van der Waals surface area contributed by atoms with Crippen molar-refractivity contribution >= 4 is 0 Å². The van der Waals surface area contributed by atoms with Gasteiger partial charge in [0.25, 0.3) is 0 Å². The van der Waals surface area contributed by atoms with Gasteiger partial charge in [-0.05, 0) is 53.8 Å². The van der Waals surface area contributed by atoms with Crippen LogP contribution in [-0.4, -0.2) is 0 Å². The number of hydrogen-bond acceptors (Lipinski definition) is 0. The van der Waals surface area contributed by atoms with Crippen molar-refractivity contribution in [3.63, 3.8) is 0 Å². The molecule has 0 aromatic heterocycles. The normalized spacial score (nSPS) is 11.5. The molecule has 0 N–H and O–H groups in total. The first-order chi connectivity index (χ1) is 12.1. The Bertz CT molecular complexity index is 900. The summed E-state index contributed by atoms with van der Waals surface area (Å²) in [6.45, 7) is 2.21. The van der Waals surface area contributed by atoms with Crippen LogP contribution < -0.4 is 0 Å². The fourth-order valence-electron chi connectivity index (χ4n) is 2.70. The van der Waals surface area contributed by atoms with Gasteiger partial charge < -0.3 is 0 Å². The topological polar surface area (TPSA) is 0 Å². The minimum Gasteiger partial charge on any atom is -0.204 e. The third-order valence-electron chi connectivity index (χ3n) is 4.14. The van der Waals surface area contributed by atoms with Crippen molar-refractivity contribution in [2.75, 3.05) is 0 Å². The standard InChI is InChI=1S/C23H18F2/c1-17(21-5-3-2-4-6-21)15-19-10-7-18(8-11-19)9-12-20-13-14-22(24)23(25)16-20/h2-8,10-11,13-14,16-17H,15H2,1H3/t17-/m1/s1. The van der Waals surface area contributed by atoms with E-state index < -0.39 is 11.6 Å². The van der Waals surface area contributed by atoms with Gasteiger partial charge in [0, 0.05) is 11.1 Å². The van der Waals surface area contributed by atoms with Gasteiger partial charge in [-0.15, -0.1) is 0 Å². The molecular weight excluding hydrogens is 314 g/mol. The summed E-state index contributed by atoms with van der Waals surface area (Å²) in [6, 6.07) is 22.1. The van der Waals surface area contributed by atoms with E-state index in [-0.39, 0.29) is 0 Å². The number of halogens is 2. The summed E-state index contributed by atoms with van der Waals surface area (Å²) in [5, 5.41) is 0. The maximum absolute atomic E-state index is 13.2. The molecule has 0 fully saturated rings. The summed E-state index contributed by atoms with van der Waals surface area (Å²) >= 11 is 0. The van der Waals surface area contributed by atoms with Crippen molar-refractivity contribution in [1.82, 2.24) is 0 Å². The van der Waals surface area contributed by atoms with Crippen LogP contribution in [0.4, 0.5) is 8.78 Å². The van der Waals surface area contributed by atoms with E-state index in [9.17, 15) is 8.78 Å². The molecule has 0 saturated heterocycles. The highest BCUT2D eigenvalue weighted by molar-refractivity contribution is 5.43. The smallest absolute Gasteiger partial charge is 0.160 e. The molecule has 0 amide bonds. The summed E-state index contributed by atoms with van der Waals surface area (Å²) in [4.78, 5) is 0. The Balaban J connectivity index is 1.68. The van der Waals surface area contributed by atoms with Crippen molar-refractivity contribution in [2.24, 2.45) is 0 Å². The summed E-state index contributed by atoms with van der Waals surface area (Å²) in [5.74, 6) is 4.55. The highest BCUT2D eigenvalue weighted by Gasteiger charge is 2.06. The molecule has 0 saturated carbocycles. The highest BCUT2D eigenvalue weighted by Crippen LogP contribution is 2.20. The van der Waals surface area contributed by atoms with Crippen molar-refractivity contribution in [3.8, 4) is 11.8 Å². The Kier molecular flexibility index (Phi) is 5.26. The van der Waals surface area contributed by atoms with E-state index in [0.29, 0.717) is 11.5 Å². The lowest BCUT2D eigenvalue weighted by Gasteiger charge is -2.11. The van der Waals surface area contributed by atoms with Gasteiger partial charge in [0.15, 0.2) is 11.6 Å². The Hall–Kier alpha value is -2.92. The third kappa shape index (κ3) is 4.55. The van der Waals surface area contributed by atoms with Crippen molar-refractivity contribution in [2.45, 2.75) is 19.3 Å². The lowest BCUT2D eigenvalue weighted by atomic mass is 9.93. The fourth-order valence-corrected chi connectivity index (χ4v) is 2.70. The SMILES string of the molecule is C[C@H](Cc1ccc(C#Cc2ccc(F)c(F)c2)cc1)c1ccccc1. The first-order valence-electron chi connectivity index (χ1n) is 8.23. The first kappa shape index (κ1) is 16.9. The number of hydrogen-bond donors (Lipinski definition) is 0. The fraction of sp³-hybridized carbons (Fsp3) is 0.130. The Labute approximate surface area is 147 Å². The van der Waals surface area contributed by atoms with Gasteiger partial charge in [0.2, 0.25) is 0 Å². The molecule has 2 heteroatoms. The molecule has 0 radical (unpaired) electrons. The summed E-state index contributed by atoms with van der Waals surface area (Å²) in [6.07, 6.45) is 0.959. The quantitative estimate of drug-likeness (QED) is 0.539. The largest absolute Gasteiger partial charge is 0.204 e. The van der Waals surface area contributed by atoms with Gasteiger partial charge in [-0.25, -0.2) is 8.78 Å². The molecule has 1 atom stereocenters. The Morgan fingerprint density at radius 1 is 0.760 bits per heavy atom.